The van der Waals surface area contributed by atoms with Crippen molar-refractivity contribution in [3.8, 4) is 5.75 Å². The van der Waals surface area contributed by atoms with E-state index < -0.39 is 41.1 Å². The van der Waals surface area contributed by atoms with E-state index >= 15 is 0 Å². The maximum Gasteiger partial charge on any atom is 0.303 e. The number of fused-ring (bicyclic) bond motifs is 3. The molecule has 0 spiro atoms. The van der Waals surface area contributed by atoms with Crippen molar-refractivity contribution in [3.63, 3.8) is 0 Å². The first kappa shape index (κ1) is 24.1. The van der Waals surface area contributed by atoms with E-state index in [4.69, 9.17) is 14.2 Å². The van der Waals surface area contributed by atoms with Crippen molar-refractivity contribution >= 4 is 17.9 Å². The molecule has 2 aliphatic carbocycles. The molecule has 0 aromatic heterocycles. The fourth-order valence-corrected chi connectivity index (χ4v) is 5.89. The first-order valence-corrected chi connectivity index (χ1v) is 11.2. The highest BCUT2D eigenvalue weighted by Gasteiger charge is 2.61. The van der Waals surface area contributed by atoms with Gasteiger partial charge in [0, 0.05) is 32.1 Å². The molecular weight excluding hydrogens is 412 g/mol. The van der Waals surface area contributed by atoms with Crippen LogP contribution in [0.3, 0.4) is 0 Å². The molecule has 0 radical (unpaired) electrons. The summed E-state index contributed by atoms with van der Waals surface area (Å²) in [5.74, 6) is -1.34. The van der Waals surface area contributed by atoms with E-state index in [0.717, 1.165) is 16.7 Å². The van der Waals surface area contributed by atoms with Crippen molar-refractivity contribution < 1.29 is 33.7 Å². The molecule has 7 nitrogen and oxygen atoms in total. The molecule has 5 atom stereocenters. The Morgan fingerprint density at radius 3 is 2.19 bits per heavy atom. The summed E-state index contributed by atoms with van der Waals surface area (Å²) in [4.78, 5) is 35.9. The van der Waals surface area contributed by atoms with E-state index in [-0.39, 0.29) is 17.6 Å². The zero-order chi connectivity index (χ0) is 24.0. The summed E-state index contributed by atoms with van der Waals surface area (Å²) in [6, 6.07) is 3.71. The minimum Gasteiger partial charge on any atom is -0.508 e. The highest BCUT2D eigenvalue weighted by atomic mass is 16.6. The number of aromatic hydroxyl groups is 1. The molecule has 32 heavy (non-hydrogen) atoms. The number of carbonyl (C=O) groups excluding carboxylic acids is 3. The second-order valence-electron chi connectivity index (χ2n) is 9.87. The van der Waals surface area contributed by atoms with Crippen LogP contribution in [0.4, 0.5) is 0 Å². The van der Waals surface area contributed by atoms with Gasteiger partial charge in [-0.3, -0.25) is 14.4 Å². The van der Waals surface area contributed by atoms with Gasteiger partial charge in [0.1, 0.15) is 23.6 Å². The third-order valence-corrected chi connectivity index (χ3v) is 7.24. The molecular formula is C25H34O7. The molecule has 0 heterocycles. The van der Waals surface area contributed by atoms with Crippen LogP contribution in [0.25, 0.3) is 0 Å². The molecule has 176 valence electrons. The van der Waals surface area contributed by atoms with E-state index in [2.05, 4.69) is 6.92 Å². The topological polar surface area (TPSA) is 99.1 Å². The van der Waals surface area contributed by atoms with Gasteiger partial charge >= 0.3 is 17.9 Å². The number of rotatable bonds is 4. The highest BCUT2D eigenvalue weighted by molar-refractivity contribution is 5.68. The van der Waals surface area contributed by atoms with Crippen LogP contribution in [0.2, 0.25) is 0 Å². The molecule has 1 N–H and O–H groups in total. The third-order valence-electron chi connectivity index (χ3n) is 7.24. The largest absolute Gasteiger partial charge is 0.508 e. The molecule has 3 rings (SSSR count). The summed E-state index contributed by atoms with van der Waals surface area (Å²) in [5.41, 5.74) is 0.935. The standard InChI is InChI=1S/C25H34O7/c1-13(2)17-10-18-19(11-20(17)29)24(6)9-8-23(31-15(4)27)25(7,32-16(5)28)22(24)12-21(18)30-14(3)26/h10-11,13,21-23,29H,8-9,12H2,1-7H3. The van der Waals surface area contributed by atoms with Crippen LogP contribution in [0.1, 0.15) is 96.4 Å². The fraction of sp³-hybridized carbons (Fsp3) is 0.640. The lowest BCUT2D eigenvalue weighted by Crippen LogP contribution is -2.62. The summed E-state index contributed by atoms with van der Waals surface area (Å²) >= 11 is 0. The minimum atomic E-state index is -1.12. The van der Waals surface area contributed by atoms with E-state index in [9.17, 15) is 19.5 Å². The van der Waals surface area contributed by atoms with Crippen LogP contribution < -0.4 is 0 Å². The maximum absolute atomic E-state index is 12.1. The van der Waals surface area contributed by atoms with Crippen LogP contribution in [-0.4, -0.2) is 34.7 Å². The Balaban J connectivity index is 2.21. The van der Waals surface area contributed by atoms with Gasteiger partial charge in [-0.15, -0.1) is 0 Å². The van der Waals surface area contributed by atoms with Crippen molar-refractivity contribution in [1.29, 1.82) is 0 Å². The van der Waals surface area contributed by atoms with Crippen LogP contribution in [0.5, 0.6) is 5.75 Å². The Hall–Kier alpha value is -2.57. The van der Waals surface area contributed by atoms with Crippen LogP contribution in [0, 0.1) is 5.92 Å². The summed E-state index contributed by atoms with van der Waals surface area (Å²) in [6.45, 7) is 11.9. The quantitative estimate of drug-likeness (QED) is 0.539. The van der Waals surface area contributed by atoms with Crippen molar-refractivity contribution in [2.24, 2.45) is 5.92 Å². The number of ether oxygens (including phenoxy) is 3. The van der Waals surface area contributed by atoms with Gasteiger partial charge < -0.3 is 19.3 Å². The number of phenols is 1. The van der Waals surface area contributed by atoms with Crippen molar-refractivity contribution in [1.82, 2.24) is 0 Å². The van der Waals surface area contributed by atoms with Crippen LogP contribution >= 0.6 is 0 Å². The van der Waals surface area contributed by atoms with Gasteiger partial charge in [-0.25, -0.2) is 0 Å². The van der Waals surface area contributed by atoms with E-state index in [1.165, 1.54) is 20.8 Å². The fourth-order valence-electron chi connectivity index (χ4n) is 5.89. The first-order valence-electron chi connectivity index (χ1n) is 11.2. The molecule has 0 aliphatic heterocycles. The zero-order valence-electron chi connectivity index (χ0n) is 20.0. The number of hydrogen-bond acceptors (Lipinski definition) is 7. The summed E-state index contributed by atoms with van der Waals surface area (Å²) in [5, 5.41) is 10.8. The van der Waals surface area contributed by atoms with Crippen molar-refractivity contribution in [2.45, 2.75) is 96.9 Å². The Morgan fingerprint density at radius 2 is 1.66 bits per heavy atom. The maximum atomic E-state index is 12.1. The first-order chi connectivity index (χ1) is 14.8. The van der Waals surface area contributed by atoms with E-state index in [1.807, 2.05) is 19.9 Å². The Labute approximate surface area is 189 Å². The molecule has 7 heteroatoms. The summed E-state index contributed by atoms with van der Waals surface area (Å²) in [7, 11) is 0. The van der Waals surface area contributed by atoms with Crippen LogP contribution in [-0.2, 0) is 34.0 Å². The molecule has 1 fully saturated rings. The average molecular weight is 447 g/mol. The Kier molecular flexibility index (Phi) is 6.33. The molecule has 5 unspecified atom stereocenters. The predicted molar refractivity (Wildman–Crippen MR) is 117 cm³/mol. The van der Waals surface area contributed by atoms with E-state index in [0.29, 0.717) is 19.3 Å². The van der Waals surface area contributed by atoms with Gasteiger partial charge in [0.05, 0.1) is 0 Å². The molecule has 0 saturated heterocycles. The van der Waals surface area contributed by atoms with Gasteiger partial charge in [0.15, 0.2) is 0 Å². The molecule has 1 aromatic carbocycles. The molecule has 1 aromatic rings. The predicted octanol–water partition coefficient (Wildman–Crippen LogP) is 4.44. The Morgan fingerprint density at radius 1 is 1.03 bits per heavy atom. The Bertz CT molecular complexity index is 936. The second-order valence-corrected chi connectivity index (χ2v) is 9.87. The molecule has 0 amide bonds. The summed E-state index contributed by atoms with van der Waals surface area (Å²) < 4.78 is 17.2. The smallest absolute Gasteiger partial charge is 0.303 e. The van der Waals surface area contributed by atoms with Gasteiger partial charge in [-0.1, -0.05) is 20.8 Å². The van der Waals surface area contributed by atoms with Crippen molar-refractivity contribution in [3.05, 3.63) is 28.8 Å². The lowest BCUT2D eigenvalue weighted by molar-refractivity contribution is -0.213. The van der Waals surface area contributed by atoms with Gasteiger partial charge in [-0.05, 0) is 60.9 Å². The molecule has 1 saturated carbocycles. The second kappa shape index (κ2) is 8.41. The number of benzene rings is 1. The van der Waals surface area contributed by atoms with Crippen LogP contribution in [0.15, 0.2) is 12.1 Å². The zero-order valence-corrected chi connectivity index (χ0v) is 20.0. The number of phenolic OH excluding ortho intramolecular Hbond substituents is 1. The average Bonchev–Trinajstić information content (AvgIpc) is 2.64. The summed E-state index contributed by atoms with van der Waals surface area (Å²) in [6.07, 6.45) is 0.384. The van der Waals surface area contributed by atoms with Crippen molar-refractivity contribution in [2.75, 3.05) is 0 Å². The van der Waals surface area contributed by atoms with Gasteiger partial charge in [0.25, 0.3) is 0 Å². The van der Waals surface area contributed by atoms with Gasteiger partial charge in [0.2, 0.25) is 0 Å². The number of esters is 3. The van der Waals surface area contributed by atoms with E-state index in [1.54, 1.807) is 13.0 Å². The molecule has 0 bridgehead atoms. The number of carbonyl (C=O) groups is 3. The molecule has 2 aliphatic rings. The minimum absolute atomic E-state index is 0.0924. The highest BCUT2D eigenvalue weighted by Crippen LogP contribution is 2.59. The lowest BCUT2D eigenvalue weighted by Gasteiger charge is -2.57. The van der Waals surface area contributed by atoms with Gasteiger partial charge in [-0.2, -0.15) is 0 Å². The SMILES string of the molecule is CC(=O)OC1CC2C(C)(CCC(OC(C)=O)C2(C)OC(C)=O)c2cc(O)c(C(C)C)cc21. The normalized spacial score (nSPS) is 31.3. The monoisotopic (exact) mass is 446 g/mol. The third kappa shape index (κ3) is 4.09. The number of hydrogen-bond donors (Lipinski definition) is 1. The lowest BCUT2D eigenvalue weighted by atomic mass is 9.52.